The van der Waals surface area contributed by atoms with Gasteiger partial charge in [-0.1, -0.05) is 35.9 Å². The molecule has 0 unspecified atom stereocenters. The van der Waals surface area contributed by atoms with Gasteiger partial charge in [0.1, 0.15) is 0 Å². The highest BCUT2D eigenvalue weighted by atomic mass is 16.2. The number of rotatable bonds is 3. The van der Waals surface area contributed by atoms with Crippen molar-refractivity contribution in [3.8, 4) is 0 Å². The zero-order valence-corrected chi connectivity index (χ0v) is 13.9. The van der Waals surface area contributed by atoms with Crippen molar-refractivity contribution < 1.29 is 4.79 Å². The third kappa shape index (κ3) is 2.93. The molecule has 0 aliphatic heterocycles. The number of hydrogen-bond donors (Lipinski definition) is 1. The van der Waals surface area contributed by atoms with E-state index in [0.717, 1.165) is 5.56 Å². The number of nitrogens with zero attached hydrogens (tertiary/aromatic N) is 2. The minimum absolute atomic E-state index is 0.131. The Bertz CT molecular complexity index is 957. The van der Waals surface area contributed by atoms with Crippen LogP contribution < -0.4 is 10.9 Å². The van der Waals surface area contributed by atoms with Crippen LogP contribution in [0.25, 0.3) is 10.8 Å². The first-order chi connectivity index (χ1) is 11.5. The fraction of sp³-hybridized carbons (Fsp3) is 0.211. The van der Waals surface area contributed by atoms with E-state index in [1.165, 1.54) is 4.68 Å². The normalized spacial score (nSPS) is 11.0. The van der Waals surface area contributed by atoms with Crippen molar-refractivity contribution in [2.75, 3.05) is 5.32 Å². The molecule has 122 valence electrons. The van der Waals surface area contributed by atoms with Gasteiger partial charge in [-0.25, -0.2) is 4.68 Å². The fourth-order valence-electron chi connectivity index (χ4n) is 2.55. The van der Waals surface area contributed by atoms with Gasteiger partial charge in [-0.05, 0) is 39.0 Å². The lowest BCUT2D eigenvalue weighted by molar-refractivity contribution is 0.102. The van der Waals surface area contributed by atoms with Crippen LogP contribution in [0, 0.1) is 6.92 Å². The van der Waals surface area contributed by atoms with Crippen LogP contribution in [0.5, 0.6) is 0 Å². The van der Waals surface area contributed by atoms with E-state index in [1.54, 1.807) is 24.3 Å². The van der Waals surface area contributed by atoms with E-state index in [0.29, 0.717) is 16.5 Å². The molecule has 5 heteroatoms. The quantitative estimate of drug-likeness (QED) is 0.802. The number of benzene rings is 2. The van der Waals surface area contributed by atoms with Gasteiger partial charge in [0.25, 0.3) is 11.5 Å². The number of hydrogen-bond acceptors (Lipinski definition) is 3. The molecule has 1 heterocycles. The molecule has 0 aliphatic rings. The Labute approximate surface area is 139 Å². The summed E-state index contributed by atoms with van der Waals surface area (Å²) in [7, 11) is 0. The van der Waals surface area contributed by atoms with Crippen LogP contribution >= 0.6 is 0 Å². The largest absolute Gasteiger partial charge is 0.321 e. The number of amides is 1. The second-order valence-electron chi connectivity index (χ2n) is 6.06. The van der Waals surface area contributed by atoms with Crippen LogP contribution in [0.1, 0.15) is 35.9 Å². The molecule has 0 bridgehead atoms. The third-order valence-electron chi connectivity index (χ3n) is 3.84. The molecule has 3 aromatic rings. The summed E-state index contributed by atoms with van der Waals surface area (Å²) in [5.74, 6) is -0.329. The van der Waals surface area contributed by atoms with E-state index in [4.69, 9.17) is 0 Å². The van der Waals surface area contributed by atoms with Crippen LogP contribution in [-0.2, 0) is 0 Å². The number of fused-ring (bicyclic) bond motifs is 1. The summed E-state index contributed by atoms with van der Waals surface area (Å²) in [6.07, 6.45) is 0. The Balaban J connectivity index is 2.10. The predicted octanol–water partition coefficient (Wildman–Crippen LogP) is 3.54. The number of aryl methyl sites for hydroxylation is 1. The van der Waals surface area contributed by atoms with E-state index < -0.39 is 0 Å². The Morgan fingerprint density at radius 1 is 1.04 bits per heavy atom. The van der Waals surface area contributed by atoms with Crippen molar-refractivity contribution in [3.63, 3.8) is 0 Å². The van der Waals surface area contributed by atoms with Crippen LogP contribution in [0.2, 0.25) is 0 Å². The highest BCUT2D eigenvalue weighted by molar-refractivity contribution is 6.11. The van der Waals surface area contributed by atoms with Gasteiger partial charge >= 0.3 is 0 Å². The van der Waals surface area contributed by atoms with Crippen molar-refractivity contribution in [1.82, 2.24) is 9.78 Å². The monoisotopic (exact) mass is 321 g/mol. The number of carbonyl (C=O) groups is 1. The molecule has 0 saturated carbocycles. The molecule has 0 fully saturated rings. The first-order valence-corrected chi connectivity index (χ1v) is 7.87. The summed E-state index contributed by atoms with van der Waals surface area (Å²) < 4.78 is 1.35. The molecular formula is C19H19N3O2. The van der Waals surface area contributed by atoms with Gasteiger partial charge < -0.3 is 5.32 Å². The first-order valence-electron chi connectivity index (χ1n) is 7.87. The lowest BCUT2D eigenvalue weighted by Crippen LogP contribution is -2.28. The molecular weight excluding hydrogens is 302 g/mol. The highest BCUT2D eigenvalue weighted by Crippen LogP contribution is 2.17. The average molecular weight is 321 g/mol. The summed E-state index contributed by atoms with van der Waals surface area (Å²) in [6, 6.07) is 14.5. The van der Waals surface area contributed by atoms with Crippen molar-refractivity contribution >= 4 is 22.4 Å². The molecule has 0 spiro atoms. The van der Waals surface area contributed by atoms with Crippen molar-refractivity contribution in [1.29, 1.82) is 0 Å². The van der Waals surface area contributed by atoms with E-state index in [1.807, 2.05) is 45.0 Å². The van der Waals surface area contributed by atoms with E-state index in [2.05, 4.69) is 10.4 Å². The van der Waals surface area contributed by atoms with E-state index in [9.17, 15) is 9.59 Å². The molecule has 5 nitrogen and oxygen atoms in total. The molecule has 24 heavy (non-hydrogen) atoms. The van der Waals surface area contributed by atoms with Gasteiger partial charge in [0.15, 0.2) is 5.69 Å². The molecule has 0 radical (unpaired) electrons. The maximum atomic E-state index is 12.7. The molecule has 1 amide bonds. The minimum Gasteiger partial charge on any atom is -0.321 e. The Morgan fingerprint density at radius 2 is 1.67 bits per heavy atom. The van der Waals surface area contributed by atoms with Crippen molar-refractivity contribution in [2.24, 2.45) is 0 Å². The van der Waals surface area contributed by atoms with Gasteiger partial charge in [-0.3, -0.25) is 9.59 Å². The zero-order chi connectivity index (χ0) is 17.3. The first kappa shape index (κ1) is 15.9. The second-order valence-corrected chi connectivity index (χ2v) is 6.06. The lowest BCUT2D eigenvalue weighted by Gasteiger charge is -2.13. The van der Waals surface area contributed by atoms with Crippen LogP contribution in [-0.4, -0.2) is 15.7 Å². The Hall–Kier alpha value is -2.95. The minimum atomic E-state index is -0.329. The Kier molecular flexibility index (Phi) is 4.16. The summed E-state index contributed by atoms with van der Waals surface area (Å²) in [5.41, 5.74) is 1.87. The summed E-state index contributed by atoms with van der Waals surface area (Å²) in [6.45, 7) is 5.72. The molecule has 3 rings (SSSR count). The van der Waals surface area contributed by atoms with Gasteiger partial charge in [0.05, 0.1) is 11.4 Å². The SMILES string of the molecule is Cc1ccc(NC(=O)c2nn(C(C)C)c(=O)c3ccccc23)cc1. The van der Waals surface area contributed by atoms with Gasteiger partial charge in [0, 0.05) is 11.1 Å². The third-order valence-corrected chi connectivity index (χ3v) is 3.84. The molecule has 0 atom stereocenters. The van der Waals surface area contributed by atoms with Gasteiger partial charge in [-0.15, -0.1) is 0 Å². The number of carbonyl (C=O) groups excluding carboxylic acids is 1. The summed E-state index contributed by atoms with van der Waals surface area (Å²) >= 11 is 0. The fourth-order valence-corrected chi connectivity index (χ4v) is 2.55. The van der Waals surface area contributed by atoms with Crippen LogP contribution in [0.15, 0.2) is 53.3 Å². The van der Waals surface area contributed by atoms with Crippen molar-refractivity contribution in [3.05, 3.63) is 70.1 Å². The average Bonchev–Trinajstić information content (AvgIpc) is 2.57. The number of nitrogens with one attached hydrogen (secondary N) is 1. The maximum absolute atomic E-state index is 12.7. The molecule has 0 aliphatic carbocycles. The molecule has 0 saturated heterocycles. The Morgan fingerprint density at radius 3 is 2.29 bits per heavy atom. The standard InChI is InChI=1S/C19H19N3O2/c1-12(2)22-19(24)16-7-5-4-6-15(16)17(21-22)18(23)20-14-10-8-13(3)9-11-14/h4-12H,1-3H3,(H,20,23). The van der Waals surface area contributed by atoms with Crippen molar-refractivity contribution in [2.45, 2.75) is 26.8 Å². The lowest BCUT2D eigenvalue weighted by atomic mass is 10.1. The predicted molar refractivity (Wildman–Crippen MR) is 95.5 cm³/mol. The molecule has 1 aromatic heterocycles. The van der Waals surface area contributed by atoms with E-state index >= 15 is 0 Å². The molecule has 1 N–H and O–H groups in total. The molecule has 2 aromatic carbocycles. The zero-order valence-electron chi connectivity index (χ0n) is 13.9. The number of anilines is 1. The topological polar surface area (TPSA) is 64.0 Å². The van der Waals surface area contributed by atoms with Crippen LogP contribution in [0.3, 0.4) is 0 Å². The number of aromatic nitrogens is 2. The highest BCUT2D eigenvalue weighted by Gasteiger charge is 2.17. The van der Waals surface area contributed by atoms with E-state index in [-0.39, 0.29) is 23.2 Å². The van der Waals surface area contributed by atoms with Gasteiger partial charge in [0.2, 0.25) is 0 Å². The summed E-state index contributed by atoms with van der Waals surface area (Å²) in [4.78, 5) is 25.2. The van der Waals surface area contributed by atoms with Gasteiger partial charge in [-0.2, -0.15) is 5.10 Å². The van der Waals surface area contributed by atoms with Crippen LogP contribution in [0.4, 0.5) is 5.69 Å². The smallest absolute Gasteiger partial charge is 0.276 e. The maximum Gasteiger partial charge on any atom is 0.276 e. The summed E-state index contributed by atoms with van der Waals surface area (Å²) in [5, 5.41) is 8.21. The second kappa shape index (κ2) is 6.28.